The van der Waals surface area contributed by atoms with Gasteiger partial charge in [0.05, 0.1) is 13.2 Å². The van der Waals surface area contributed by atoms with E-state index >= 15 is 0 Å². The van der Waals surface area contributed by atoms with Crippen molar-refractivity contribution in [1.82, 2.24) is 5.32 Å². The summed E-state index contributed by atoms with van der Waals surface area (Å²) >= 11 is 12.3. The van der Waals surface area contributed by atoms with E-state index in [1.54, 1.807) is 13.2 Å². The van der Waals surface area contributed by atoms with Gasteiger partial charge in [0.2, 0.25) is 0 Å². The maximum absolute atomic E-state index is 6.30. The second-order valence-electron chi connectivity index (χ2n) is 4.62. The van der Waals surface area contributed by atoms with Crippen LogP contribution in [-0.2, 0) is 0 Å². The molecule has 0 bridgehead atoms. The molecule has 0 aromatic heterocycles. The van der Waals surface area contributed by atoms with Crippen LogP contribution in [0.5, 0.6) is 5.75 Å². The van der Waals surface area contributed by atoms with Gasteiger partial charge >= 0.3 is 0 Å². The maximum Gasteiger partial charge on any atom is 0.122 e. The van der Waals surface area contributed by atoms with E-state index < -0.39 is 0 Å². The van der Waals surface area contributed by atoms with Crippen LogP contribution >= 0.6 is 23.2 Å². The Hall–Kier alpha value is -1.22. The van der Waals surface area contributed by atoms with Crippen molar-refractivity contribution in [2.75, 3.05) is 14.2 Å². The highest BCUT2D eigenvalue weighted by atomic mass is 35.5. The average molecular weight is 310 g/mol. The van der Waals surface area contributed by atoms with Crippen LogP contribution in [0.15, 0.2) is 36.4 Å². The van der Waals surface area contributed by atoms with Crippen LogP contribution in [0.3, 0.4) is 0 Å². The third-order valence-electron chi connectivity index (χ3n) is 3.33. The van der Waals surface area contributed by atoms with Gasteiger partial charge in [0.15, 0.2) is 0 Å². The van der Waals surface area contributed by atoms with E-state index in [2.05, 4.69) is 11.4 Å². The van der Waals surface area contributed by atoms with E-state index in [0.717, 1.165) is 22.4 Å². The summed E-state index contributed by atoms with van der Waals surface area (Å²) in [7, 11) is 3.58. The molecule has 0 fully saturated rings. The Morgan fingerprint density at radius 1 is 1.10 bits per heavy atom. The van der Waals surface area contributed by atoms with Crippen molar-refractivity contribution in [2.45, 2.75) is 13.0 Å². The minimum absolute atomic E-state index is 0.00531. The summed E-state index contributed by atoms with van der Waals surface area (Å²) in [5.41, 5.74) is 3.19. The molecule has 1 atom stereocenters. The summed E-state index contributed by atoms with van der Waals surface area (Å²) in [6.45, 7) is 2.02. The monoisotopic (exact) mass is 309 g/mol. The van der Waals surface area contributed by atoms with Crippen LogP contribution in [-0.4, -0.2) is 14.2 Å². The highest BCUT2D eigenvalue weighted by molar-refractivity contribution is 6.35. The first-order valence-corrected chi connectivity index (χ1v) is 7.09. The first kappa shape index (κ1) is 15.2. The number of nitrogens with one attached hydrogen (secondary N) is 1. The molecule has 2 aromatic rings. The smallest absolute Gasteiger partial charge is 0.122 e. The molecule has 2 aromatic carbocycles. The van der Waals surface area contributed by atoms with Crippen molar-refractivity contribution in [3.63, 3.8) is 0 Å². The minimum Gasteiger partial charge on any atom is -0.496 e. The van der Waals surface area contributed by atoms with Crippen molar-refractivity contribution in [3.8, 4) is 5.75 Å². The standard InChI is InChI=1S/C16H17Cl2NO/c1-10-4-5-11(8-15(10)20-3)16(19-2)13-7-6-12(17)9-14(13)18/h4-9,16,19H,1-3H3. The molecular formula is C16H17Cl2NO. The molecule has 2 nitrogen and oxygen atoms in total. The fourth-order valence-electron chi connectivity index (χ4n) is 2.25. The first-order valence-electron chi connectivity index (χ1n) is 6.33. The van der Waals surface area contributed by atoms with Gasteiger partial charge < -0.3 is 10.1 Å². The lowest BCUT2D eigenvalue weighted by Gasteiger charge is -2.20. The summed E-state index contributed by atoms with van der Waals surface area (Å²) in [4.78, 5) is 0. The molecule has 106 valence electrons. The predicted octanol–water partition coefficient (Wildman–Crippen LogP) is 4.62. The van der Waals surface area contributed by atoms with Crippen molar-refractivity contribution < 1.29 is 4.74 Å². The van der Waals surface area contributed by atoms with Crippen LogP contribution in [0.2, 0.25) is 10.0 Å². The van der Waals surface area contributed by atoms with Gasteiger partial charge in [-0.1, -0.05) is 41.4 Å². The Morgan fingerprint density at radius 2 is 1.85 bits per heavy atom. The quantitative estimate of drug-likeness (QED) is 0.890. The molecule has 0 amide bonds. The number of hydrogen-bond donors (Lipinski definition) is 1. The van der Waals surface area contributed by atoms with Gasteiger partial charge in [0, 0.05) is 10.0 Å². The topological polar surface area (TPSA) is 21.3 Å². The molecule has 2 rings (SSSR count). The van der Waals surface area contributed by atoms with Crippen molar-refractivity contribution in [1.29, 1.82) is 0 Å². The molecule has 0 aliphatic carbocycles. The van der Waals surface area contributed by atoms with E-state index in [4.69, 9.17) is 27.9 Å². The lowest BCUT2D eigenvalue weighted by molar-refractivity contribution is 0.410. The van der Waals surface area contributed by atoms with Crippen LogP contribution in [0.1, 0.15) is 22.7 Å². The summed E-state index contributed by atoms with van der Waals surface area (Å²) in [6, 6.07) is 11.7. The number of methoxy groups -OCH3 is 1. The van der Waals surface area contributed by atoms with Gasteiger partial charge in [-0.15, -0.1) is 0 Å². The summed E-state index contributed by atoms with van der Waals surface area (Å²) in [5.74, 6) is 0.868. The predicted molar refractivity (Wildman–Crippen MR) is 85.1 cm³/mol. The van der Waals surface area contributed by atoms with Crippen LogP contribution in [0, 0.1) is 6.92 Å². The van der Waals surface area contributed by atoms with Gasteiger partial charge in [-0.2, -0.15) is 0 Å². The molecule has 0 heterocycles. The van der Waals surface area contributed by atoms with Gasteiger partial charge in [-0.05, 0) is 48.9 Å². The maximum atomic E-state index is 6.30. The highest BCUT2D eigenvalue weighted by Gasteiger charge is 2.16. The molecule has 20 heavy (non-hydrogen) atoms. The Morgan fingerprint density at radius 3 is 2.45 bits per heavy atom. The van der Waals surface area contributed by atoms with Crippen molar-refractivity contribution >= 4 is 23.2 Å². The number of hydrogen-bond acceptors (Lipinski definition) is 2. The second kappa shape index (κ2) is 6.49. The molecule has 1 N–H and O–H groups in total. The summed E-state index contributed by atoms with van der Waals surface area (Å²) in [6.07, 6.45) is 0. The summed E-state index contributed by atoms with van der Waals surface area (Å²) in [5, 5.41) is 4.57. The molecule has 0 aliphatic rings. The lowest BCUT2D eigenvalue weighted by atomic mass is 9.97. The zero-order valence-electron chi connectivity index (χ0n) is 11.7. The molecule has 0 saturated carbocycles. The second-order valence-corrected chi connectivity index (χ2v) is 5.46. The van der Waals surface area contributed by atoms with E-state index in [9.17, 15) is 0 Å². The molecule has 1 unspecified atom stereocenters. The van der Waals surface area contributed by atoms with Crippen molar-refractivity contribution in [2.24, 2.45) is 0 Å². The van der Waals surface area contributed by atoms with E-state index in [1.807, 2.05) is 38.2 Å². The molecule has 0 radical (unpaired) electrons. The Labute approximate surface area is 129 Å². The normalized spacial score (nSPS) is 12.2. The fourth-order valence-corrected chi connectivity index (χ4v) is 2.77. The van der Waals surface area contributed by atoms with Crippen LogP contribution < -0.4 is 10.1 Å². The Balaban J connectivity index is 2.46. The SMILES string of the molecule is CNC(c1ccc(C)c(OC)c1)c1ccc(Cl)cc1Cl. The zero-order chi connectivity index (χ0) is 14.7. The molecular weight excluding hydrogens is 293 g/mol. The van der Waals surface area contributed by atoms with Gasteiger partial charge in [-0.25, -0.2) is 0 Å². The highest BCUT2D eigenvalue weighted by Crippen LogP contribution is 2.32. The van der Waals surface area contributed by atoms with E-state index in [1.165, 1.54) is 0 Å². The van der Waals surface area contributed by atoms with Gasteiger partial charge in [0.25, 0.3) is 0 Å². The average Bonchev–Trinajstić information content (AvgIpc) is 2.43. The van der Waals surface area contributed by atoms with Crippen LogP contribution in [0.4, 0.5) is 0 Å². The largest absolute Gasteiger partial charge is 0.496 e. The zero-order valence-corrected chi connectivity index (χ0v) is 13.2. The van der Waals surface area contributed by atoms with E-state index in [-0.39, 0.29) is 6.04 Å². The third kappa shape index (κ3) is 3.09. The van der Waals surface area contributed by atoms with E-state index in [0.29, 0.717) is 10.0 Å². The van der Waals surface area contributed by atoms with Gasteiger partial charge in [0.1, 0.15) is 5.75 Å². The number of rotatable bonds is 4. The van der Waals surface area contributed by atoms with Crippen molar-refractivity contribution in [3.05, 3.63) is 63.1 Å². The lowest BCUT2D eigenvalue weighted by Crippen LogP contribution is -2.18. The number of aryl methyl sites for hydroxylation is 1. The number of halogens is 2. The molecule has 0 spiro atoms. The minimum atomic E-state index is -0.00531. The van der Waals surface area contributed by atoms with Gasteiger partial charge in [-0.3, -0.25) is 0 Å². The Bertz CT molecular complexity index is 613. The van der Waals surface area contributed by atoms with Crippen LogP contribution in [0.25, 0.3) is 0 Å². The third-order valence-corrected chi connectivity index (χ3v) is 3.89. The molecule has 0 saturated heterocycles. The molecule has 4 heteroatoms. The summed E-state index contributed by atoms with van der Waals surface area (Å²) < 4.78 is 5.38. The number of benzene rings is 2. The Kier molecular flexibility index (Phi) is 4.92. The number of ether oxygens (including phenoxy) is 1. The first-order chi connectivity index (χ1) is 9.56. The fraction of sp³-hybridized carbons (Fsp3) is 0.250. The molecule has 0 aliphatic heterocycles.